The zero-order valence-corrected chi connectivity index (χ0v) is 12.9. The molecular formula is C16H17ClN4O. The van der Waals surface area contributed by atoms with Crippen LogP contribution in [-0.2, 0) is 0 Å². The summed E-state index contributed by atoms with van der Waals surface area (Å²) in [5.74, 6) is 0.848. The molecule has 1 aromatic heterocycles. The van der Waals surface area contributed by atoms with Crippen LogP contribution in [0.25, 0.3) is 0 Å². The van der Waals surface area contributed by atoms with Crippen LogP contribution in [0, 0.1) is 0 Å². The fraction of sp³-hybridized carbons (Fsp3) is 0.312. The summed E-state index contributed by atoms with van der Waals surface area (Å²) in [5.41, 5.74) is 0.567. The Labute approximate surface area is 134 Å². The molecule has 3 rings (SSSR count). The smallest absolute Gasteiger partial charge is 0.255 e. The number of hydrogen-bond acceptors (Lipinski definition) is 4. The first-order valence-electron chi connectivity index (χ1n) is 7.30. The van der Waals surface area contributed by atoms with Crippen LogP contribution < -0.4 is 4.90 Å². The predicted octanol–water partition coefficient (Wildman–Crippen LogP) is 2.48. The second kappa shape index (κ2) is 6.75. The van der Waals surface area contributed by atoms with E-state index in [0.29, 0.717) is 17.1 Å². The number of amides is 1. The molecule has 5 nitrogen and oxygen atoms in total. The molecule has 1 amide bonds. The van der Waals surface area contributed by atoms with Crippen LogP contribution in [0.5, 0.6) is 0 Å². The van der Waals surface area contributed by atoms with Gasteiger partial charge in [0.25, 0.3) is 5.91 Å². The minimum absolute atomic E-state index is 0.00778. The summed E-state index contributed by atoms with van der Waals surface area (Å²) < 4.78 is 0. The summed E-state index contributed by atoms with van der Waals surface area (Å²) >= 11 is 6.13. The number of carbonyl (C=O) groups is 1. The second-order valence-corrected chi connectivity index (χ2v) is 5.58. The molecule has 0 radical (unpaired) electrons. The zero-order chi connectivity index (χ0) is 15.4. The first kappa shape index (κ1) is 14.8. The monoisotopic (exact) mass is 316 g/mol. The largest absolute Gasteiger partial charge is 0.354 e. The first-order chi connectivity index (χ1) is 10.8. The Morgan fingerprint density at radius 3 is 2.73 bits per heavy atom. The van der Waals surface area contributed by atoms with E-state index in [9.17, 15) is 4.79 Å². The lowest BCUT2D eigenvalue weighted by molar-refractivity contribution is 0.0767. The van der Waals surface area contributed by atoms with Crippen LogP contribution in [0.3, 0.4) is 0 Å². The highest BCUT2D eigenvalue weighted by molar-refractivity contribution is 6.33. The maximum atomic E-state index is 12.6. The Bertz CT molecular complexity index is 650. The number of benzene rings is 1. The van der Waals surface area contributed by atoms with Gasteiger partial charge in [-0.3, -0.25) is 9.78 Å². The van der Waals surface area contributed by atoms with Crippen LogP contribution >= 0.6 is 11.6 Å². The topological polar surface area (TPSA) is 49.3 Å². The number of nitrogens with zero attached hydrogens (tertiary/aromatic N) is 4. The third-order valence-corrected chi connectivity index (χ3v) is 4.09. The number of halogens is 1. The second-order valence-electron chi connectivity index (χ2n) is 5.18. The van der Waals surface area contributed by atoms with Crippen LogP contribution in [0.4, 0.5) is 5.82 Å². The number of rotatable bonds is 2. The van der Waals surface area contributed by atoms with Gasteiger partial charge in [-0.25, -0.2) is 4.98 Å². The van der Waals surface area contributed by atoms with Crippen molar-refractivity contribution in [2.45, 2.75) is 6.42 Å². The van der Waals surface area contributed by atoms with Crippen molar-refractivity contribution in [1.29, 1.82) is 0 Å². The Morgan fingerprint density at radius 2 is 1.95 bits per heavy atom. The number of hydrogen-bond donors (Lipinski definition) is 0. The summed E-state index contributed by atoms with van der Waals surface area (Å²) in [6.45, 7) is 2.99. The van der Waals surface area contributed by atoms with Crippen molar-refractivity contribution in [3.8, 4) is 0 Å². The van der Waals surface area contributed by atoms with Gasteiger partial charge in [-0.05, 0) is 18.6 Å². The van der Waals surface area contributed by atoms with Gasteiger partial charge in [-0.2, -0.15) is 0 Å². The molecular weight excluding hydrogens is 300 g/mol. The molecule has 0 unspecified atom stereocenters. The van der Waals surface area contributed by atoms with Gasteiger partial charge in [0.15, 0.2) is 0 Å². The molecule has 1 aliphatic heterocycles. The molecule has 22 heavy (non-hydrogen) atoms. The van der Waals surface area contributed by atoms with Gasteiger partial charge in [0.2, 0.25) is 0 Å². The standard InChI is InChI=1S/C16H17ClN4O/c17-14-5-2-1-4-13(14)16(22)21-9-3-8-20(10-11-21)15-12-18-6-7-19-15/h1-2,4-7,12H,3,8-11H2. The Hall–Kier alpha value is -2.14. The average molecular weight is 317 g/mol. The molecule has 1 saturated heterocycles. The van der Waals surface area contributed by atoms with Crippen molar-refractivity contribution < 1.29 is 4.79 Å². The van der Waals surface area contributed by atoms with Gasteiger partial charge in [-0.1, -0.05) is 23.7 Å². The van der Waals surface area contributed by atoms with Crippen molar-refractivity contribution >= 4 is 23.3 Å². The summed E-state index contributed by atoms with van der Waals surface area (Å²) in [6.07, 6.45) is 6.00. The van der Waals surface area contributed by atoms with Gasteiger partial charge in [-0.15, -0.1) is 0 Å². The molecule has 0 N–H and O–H groups in total. The molecule has 114 valence electrons. The van der Waals surface area contributed by atoms with Gasteiger partial charge < -0.3 is 9.80 Å². The van der Waals surface area contributed by atoms with E-state index in [2.05, 4.69) is 14.9 Å². The third-order valence-electron chi connectivity index (χ3n) is 3.76. The molecule has 1 aromatic carbocycles. The highest BCUT2D eigenvalue weighted by atomic mass is 35.5. The lowest BCUT2D eigenvalue weighted by atomic mass is 10.2. The first-order valence-corrected chi connectivity index (χ1v) is 7.68. The molecule has 0 saturated carbocycles. The lowest BCUT2D eigenvalue weighted by Crippen LogP contribution is -2.35. The third kappa shape index (κ3) is 3.20. The zero-order valence-electron chi connectivity index (χ0n) is 12.2. The molecule has 1 fully saturated rings. The molecule has 0 bridgehead atoms. The van der Waals surface area contributed by atoms with E-state index in [1.807, 2.05) is 17.0 Å². The summed E-state index contributed by atoms with van der Waals surface area (Å²) in [4.78, 5) is 25.1. The fourth-order valence-electron chi connectivity index (χ4n) is 2.61. The SMILES string of the molecule is O=C(c1ccccc1Cl)N1CCCN(c2cnccn2)CC1. The Balaban J connectivity index is 1.70. The Kier molecular flexibility index (Phi) is 4.53. The van der Waals surface area contributed by atoms with Crippen LogP contribution in [0.1, 0.15) is 16.8 Å². The van der Waals surface area contributed by atoms with E-state index in [1.54, 1.807) is 30.7 Å². The predicted molar refractivity (Wildman–Crippen MR) is 86.2 cm³/mol. The van der Waals surface area contributed by atoms with Crippen LogP contribution in [0.15, 0.2) is 42.9 Å². The molecule has 2 heterocycles. The van der Waals surface area contributed by atoms with Gasteiger partial charge >= 0.3 is 0 Å². The van der Waals surface area contributed by atoms with Crippen molar-refractivity contribution in [3.05, 3.63) is 53.4 Å². The van der Waals surface area contributed by atoms with Gasteiger partial charge in [0.1, 0.15) is 5.82 Å². The number of aromatic nitrogens is 2. The summed E-state index contributed by atoms with van der Waals surface area (Å²) in [5, 5.41) is 0.502. The normalized spacial score (nSPS) is 15.5. The van der Waals surface area contributed by atoms with E-state index in [0.717, 1.165) is 31.9 Å². The Morgan fingerprint density at radius 1 is 1.09 bits per heavy atom. The van der Waals surface area contributed by atoms with Gasteiger partial charge in [0, 0.05) is 38.6 Å². The highest BCUT2D eigenvalue weighted by Gasteiger charge is 2.22. The minimum Gasteiger partial charge on any atom is -0.354 e. The van der Waals surface area contributed by atoms with Crippen molar-refractivity contribution in [2.75, 3.05) is 31.1 Å². The van der Waals surface area contributed by atoms with E-state index in [4.69, 9.17) is 11.6 Å². The van der Waals surface area contributed by atoms with E-state index in [-0.39, 0.29) is 5.91 Å². The summed E-state index contributed by atoms with van der Waals surface area (Å²) in [6, 6.07) is 7.19. The number of carbonyl (C=O) groups excluding carboxylic acids is 1. The number of anilines is 1. The van der Waals surface area contributed by atoms with Crippen LogP contribution in [-0.4, -0.2) is 47.0 Å². The van der Waals surface area contributed by atoms with Gasteiger partial charge in [0.05, 0.1) is 16.8 Å². The molecule has 6 heteroatoms. The lowest BCUT2D eigenvalue weighted by Gasteiger charge is -2.22. The van der Waals surface area contributed by atoms with Crippen molar-refractivity contribution in [3.63, 3.8) is 0 Å². The van der Waals surface area contributed by atoms with Crippen LogP contribution in [0.2, 0.25) is 5.02 Å². The molecule has 0 aliphatic carbocycles. The molecule has 2 aromatic rings. The van der Waals surface area contributed by atoms with E-state index in [1.165, 1.54) is 0 Å². The minimum atomic E-state index is -0.00778. The maximum absolute atomic E-state index is 12.6. The van der Waals surface area contributed by atoms with E-state index >= 15 is 0 Å². The van der Waals surface area contributed by atoms with Crippen molar-refractivity contribution in [2.24, 2.45) is 0 Å². The van der Waals surface area contributed by atoms with Crippen molar-refractivity contribution in [1.82, 2.24) is 14.9 Å². The quantitative estimate of drug-likeness (QED) is 0.854. The maximum Gasteiger partial charge on any atom is 0.255 e. The van der Waals surface area contributed by atoms with E-state index < -0.39 is 0 Å². The highest BCUT2D eigenvalue weighted by Crippen LogP contribution is 2.19. The molecule has 1 aliphatic rings. The molecule has 0 atom stereocenters. The average Bonchev–Trinajstić information content (AvgIpc) is 2.81. The molecule has 0 spiro atoms. The fourth-order valence-corrected chi connectivity index (χ4v) is 2.83. The summed E-state index contributed by atoms with van der Waals surface area (Å²) in [7, 11) is 0.